The third kappa shape index (κ3) is 3.08. The number of para-hydroxylation sites is 1. The van der Waals surface area contributed by atoms with Gasteiger partial charge in [-0.05, 0) is 44.2 Å². The molecule has 2 N–H and O–H groups in total. The Bertz CT molecular complexity index is 764. The summed E-state index contributed by atoms with van der Waals surface area (Å²) in [6.45, 7) is 2.66. The predicted molar refractivity (Wildman–Crippen MR) is 99.3 cm³/mol. The highest BCUT2D eigenvalue weighted by Crippen LogP contribution is 2.41. The lowest BCUT2D eigenvalue weighted by atomic mass is 9.70. The number of hydrogen-bond donors (Lipinski definition) is 2. The van der Waals surface area contributed by atoms with Crippen molar-refractivity contribution in [1.82, 2.24) is 9.88 Å². The van der Waals surface area contributed by atoms with E-state index in [0.717, 1.165) is 24.8 Å². The predicted octanol–water partition coefficient (Wildman–Crippen LogP) is 3.64. The van der Waals surface area contributed by atoms with Crippen LogP contribution in [0, 0.1) is 5.92 Å². The summed E-state index contributed by atoms with van der Waals surface area (Å²) >= 11 is 0. The molecule has 4 nitrogen and oxygen atoms in total. The van der Waals surface area contributed by atoms with E-state index in [2.05, 4.69) is 22.0 Å². The Labute approximate surface area is 149 Å². The molecule has 2 aromatic rings. The molecule has 2 fully saturated rings. The van der Waals surface area contributed by atoms with E-state index in [1.807, 2.05) is 25.3 Å². The molecule has 1 aliphatic heterocycles. The molecule has 134 valence electrons. The molecule has 1 aromatic carbocycles. The van der Waals surface area contributed by atoms with Crippen molar-refractivity contribution in [2.45, 2.75) is 63.5 Å². The first-order valence-electron chi connectivity index (χ1n) is 9.63. The van der Waals surface area contributed by atoms with E-state index in [9.17, 15) is 9.90 Å². The number of aliphatic hydroxyl groups is 1. The lowest BCUT2D eigenvalue weighted by Crippen LogP contribution is -2.59. The lowest BCUT2D eigenvalue weighted by molar-refractivity contribution is -0.150. The number of likely N-dealkylation sites (tertiary alicyclic amines) is 1. The molecule has 2 heterocycles. The van der Waals surface area contributed by atoms with Crippen LogP contribution in [-0.2, 0) is 11.2 Å². The van der Waals surface area contributed by atoms with Crippen molar-refractivity contribution in [2.24, 2.45) is 5.92 Å². The molecular formula is C21H28N2O2. The highest BCUT2D eigenvalue weighted by Gasteiger charge is 2.46. The van der Waals surface area contributed by atoms with Crippen molar-refractivity contribution in [3.05, 3.63) is 36.0 Å². The molecule has 3 unspecified atom stereocenters. The van der Waals surface area contributed by atoms with Crippen LogP contribution in [0.5, 0.6) is 0 Å². The second-order valence-electron chi connectivity index (χ2n) is 8.01. The molecule has 0 bridgehead atoms. The number of rotatable bonds is 3. The molecule has 2 aliphatic rings. The van der Waals surface area contributed by atoms with Crippen molar-refractivity contribution >= 4 is 16.8 Å². The Hall–Kier alpha value is -1.81. The van der Waals surface area contributed by atoms with Crippen molar-refractivity contribution in [2.75, 3.05) is 6.54 Å². The molecule has 1 saturated carbocycles. The minimum Gasteiger partial charge on any atom is -0.390 e. The van der Waals surface area contributed by atoms with E-state index in [-0.39, 0.29) is 17.9 Å². The number of carbonyl (C=O) groups excluding carboxylic acids is 1. The maximum atomic E-state index is 12.9. The summed E-state index contributed by atoms with van der Waals surface area (Å²) in [6, 6.07) is 8.48. The molecule has 0 spiro atoms. The summed E-state index contributed by atoms with van der Waals surface area (Å²) in [7, 11) is 0. The first kappa shape index (κ1) is 16.6. The zero-order valence-corrected chi connectivity index (χ0v) is 15.0. The van der Waals surface area contributed by atoms with Crippen molar-refractivity contribution < 1.29 is 9.90 Å². The zero-order chi connectivity index (χ0) is 17.4. The Balaban J connectivity index is 1.45. The van der Waals surface area contributed by atoms with Gasteiger partial charge in [-0.25, -0.2) is 0 Å². The van der Waals surface area contributed by atoms with Crippen LogP contribution < -0.4 is 0 Å². The molecule has 0 radical (unpaired) electrons. The summed E-state index contributed by atoms with van der Waals surface area (Å²) in [5.41, 5.74) is 1.73. The Kier molecular flexibility index (Phi) is 4.32. The summed E-state index contributed by atoms with van der Waals surface area (Å²) < 4.78 is 0. The van der Waals surface area contributed by atoms with Crippen molar-refractivity contribution in [3.8, 4) is 0 Å². The van der Waals surface area contributed by atoms with Gasteiger partial charge in [0.05, 0.1) is 5.60 Å². The normalized spacial score (nSPS) is 29.6. The fraction of sp³-hybridized carbons (Fsp3) is 0.571. The Morgan fingerprint density at radius 2 is 2.12 bits per heavy atom. The molecule has 4 rings (SSSR count). The molecule has 1 saturated heterocycles. The van der Waals surface area contributed by atoms with Crippen LogP contribution in [0.1, 0.15) is 51.0 Å². The van der Waals surface area contributed by atoms with Gasteiger partial charge >= 0.3 is 0 Å². The first-order valence-corrected chi connectivity index (χ1v) is 9.63. The number of hydrogen-bond acceptors (Lipinski definition) is 2. The van der Waals surface area contributed by atoms with Gasteiger partial charge in [0.1, 0.15) is 0 Å². The quantitative estimate of drug-likeness (QED) is 0.896. The second kappa shape index (κ2) is 6.49. The van der Waals surface area contributed by atoms with Gasteiger partial charge in [0.15, 0.2) is 0 Å². The van der Waals surface area contributed by atoms with E-state index in [0.29, 0.717) is 19.4 Å². The zero-order valence-electron chi connectivity index (χ0n) is 15.0. The third-order valence-corrected chi connectivity index (χ3v) is 6.39. The van der Waals surface area contributed by atoms with Gasteiger partial charge in [-0.2, -0.15) is 0 Å². The van der Waals surface area contributed by atoms with Gasteiger partial charge in [0.25, 0.3) is 0 Å². The number of H-pyrrole nitrogens is 1. The molecule has 1 aromatic heterocycles. The minimum atomic E-state index is -0.612. The number of nitrogens with one attached hydrogen (secondary N) is 1. The van der Waals surface area contributed by atoms with Crippen LogP contribution in [0.3, 0.4) is 0 Å². The van der Waals surface area contributed by atoms with E-state index in [4.69, 9.17) is 0 Å². The van der Waals surface area contributed by atoms with Gasteiger partial charge in [-0.3, -0.25) is 4.79 Å². The molecule has 1 amide bonds. The average Bonchev–Trinajstić information content (AvgIpc) is 3.03. The Morgan fingerprint density at radius 1 is 1.32 bits per heavy atom. The van der Waals surface area contributed by atoms with Crippen LogP contribution in [0.2, 0.25) is 0 Å². The number of carbonyl (C=O) groups is 1. The Morgan fingerprint density at radius 3 is 3.00 bits per heavy atom. The monoisotopic (exact) mass is 340 g/mol. The lowest BCUT2D eigenvalue weighted by Gasteiger charge is -2.51. The van der Waals surface area contributed by atoms with E-state index >= 15 is 0 Å². The van der Waals surface area contributed by atoms with Crippen LogP contribution in [0.15, 0.2) is 30.5 Å². The topological polar surface area (TPSA) is 56.3 Å². The molecular weight excluding hydrogens is 312 g/mol. The number of aryl methyl sites for hydroxylation is 1. The number of benzene rings is 1. The number of amides is 1. The van der Waals surface area contributed by atoms with Gasteiger partial charge in [-0.1, -0.05) is 31.0 Å². The van der Waals surface area contributed by atoms with E-state index in [1.165, 1.54) is 23.8 Å². The van der Waals surface area contributed by atoms with Crippen LogP contribution in [0.4, 0.5) is 0 Å². The largest absolute Gasteiger partial charge is 0.390 e. The van der Waals surface area contributed by atoms with Crippen LogP contribution >= 0.6 is 0 Å². The summed E-state index contributed by atoms with van der Waals surface area (Å²) in [4.78, 5) is 18.3. The van der Waals surface area contributed by atoms with Crippen LogP contribution in [-0.4, -0.2) is 39.1 Å². The summed E-state index contributed by atoms with van der Waals surface area (Å²) in [5.74, 6) is 0.490. The number of aromatic nitrogens is 1. The standard InChI is InChI=1S/C21H28N2O2/c1-21(25)12-13-23(19-9-5-3-7-17(19)21)20(24)11-10-15-14-22-18-8-4-2-6-16(15)18/h2,4,6,8,14,17,19,22,25H,3,5,7,9-13H2,1H3. The van der Waals surface area contributed by atoms with Crippen molar-refractivity contribution in [1.29, 1.82) is 0 Å². The third-order valence-electron chi connectivity index (χ3n) is 6.39. The fourth-order valence-corrected chi connectivity index (χ4v) is 4.94. The number of piperidine rings is 1. The number of nitrogens with zero attached hydrogens (tertiary/aromatic N) is 1. The van der Waals surface area contributed by atoms with Crippen molar-refractivity contribution in [3.63, 3.8) is 0 Å². The maximum Gasteiger partial charge on any atom is 0.223 e. The fourth-order valence-electron chi connectivity index (χ4n) is 4.94. The average molecular weight is 340 g/mol. The number of aromatic amines is 1. The van der Waals surface area contributed by atoms with E-state index < -0.39 is 5.60 Å². The SMILES string of the molecule is CC1(O)CCN(C(=O)CCc2c[nH]c3ccccc23)C2CCCCC21. The smallest absolute Gasteiger partial charge is 0.223 e. The molecule has 1 aliphatic carbocycles. The van der Waals surface area contributed by atoms with Gasteiger partial charge in [0, 0.05) is 42.0 Å². The maximum absolute atomic E-state index is 12.9. The van der Waals surface area contributed by atoms with E-state index in [1.54, 1.807) is 0 Å². The molecule has 4 heteroatoms. The molecule has 3 atom stereocenters. The second-order valence-corrected chi connectivity index (χ2v) is 8.01. The van der Waals surface area contributed by atoms with Crippen LogP contribution in [0.25, 0.3) is 10.9 Å². The first-order chi connectivity index (χ1) is 12.1. The minimum absolute atomic E-state index is 0.230. The highest BCUT2D eigenvalue weighted by molar-refractivity contribution is 5.84. The highest BCUT2D eigenvalue weighted by atomic mass is 16.3. The van der Waals surface area contributed by atoms with Gasteiger partial charge < -0.3 is 15.0 Å². The number of fused-ring (bicyclic) bond motifs is 2. The molecule has 25 heavy (non-hydrogen) atoms. The summed E-state index contributed by atoms with van der Waals surface area (Å²) in [5, 5.41) is 11.9. The van der Waals surface area contributed by atoms with Gasteiger partial charge in [-0.15, -0.1) is 0 Å². The summed E-state index contributed by atoms with van der Waals surface area (Å²) in [6.07, 6.45) is 8.48. The van der Waals surface area contributed by atoms with Gasteiger partial charge in [0.2, 0.25) is 5.91 Å².